The van der Waals surface area contributed by atoms with Gasteiger partial charge in [0, 0.05) is 17.0 Å². The highest BCUT2D eigenvalue weighted by atomic mass is 32.2. The number of nitrogens with two attached hydrogens (primary N) is 1. The van der Waals surface area contributed by atoms with Crippen LogP contribution in [-0.4, -0.2) is 33.3 Å². The third-order valence-electron chi connectivity index (χ3n) is 4.42. The summed E-state index contributed by atoms with van der Waals surface area (Å²) in [6.45, 7) is 4.03. The van der Waals surface area contributed by atoms with Gasteiger partial charge in [-0.05, 0) is 38.5 Å². The smallest absolute Gasteiger partial charge is 0.275 e. The molecule has 1 aromatic heterocycles. The molecular formula is C20H21FN6OS. The fraction of sp³-hybridized carbons (Fsp3) is 0.300. The molecule has 0 saturated carbocycles. The highest BCUT2D eigenvalue weighted by molar-refractivity contribution is 8.13. The molecule has 0 aliphatic carbocycles. The Hall–Kier alpha value is -3.12. The number of carbonyl (C=O) groups is 1. The summed E-state index contributed by atoms with van der Waals surface area (Å²) in [4.78, 5) is 25.2. The molecule has 0 spiro atoms. The molecule has 4 N–H and O–H groups in total. The van der Waals surface area contributed by atoms with Gasteiger partial charge >= 0.3 is 0 Å². The first-order valence-electron chi connectivity index (χ1n) is 8.96. The van der Waals surface area contributed by atoms with Crippen LogP contribution in [-0.2, 0) is 5.54 Å². The predicted molar refractivity (Wildman–Crippen MR) is 114 cm³/mol. The Morgan fingerprint density at radius 3 is 2.90 bits per heavy atom. The zero-order valence-corrected chi connectivity index (χ0v) is 16.9. The van der Waals surface area contributed by atoms with E-state index in [1.165, 1.54) is 36.3 Å². The van der Waals surface area contributed by atoms with Crippen molar-refractivity contribution in [2.24, 2.45) is 10.7 Å². The second kappa shape index (κ2) is 8.92. The van der Waals surface area contributed by atoms with Crippen LogP contribution < -0.4 is 16.4 Å². The van der Waals surface area contributed by atoms with Crippen LogP contribution in [0.3, 0.4) is 0 Å². The summed E-state index contributed by atoms with van der Waals surface area (Å²) >= 11 is 1.45. The van der Waals surface area contributed by atoms with Gasteiger partial charge in [-0.1, -0.05) is 17.7 Å². The van der Waals surface area contributed by atoms with Crippen LogP contribution in [0.1, 0.15) is 36.3 Å². The minimum absolute atomic E-state index is 0.144. The Labute approximate surface area is 172 Å². The quantitative estimate of drug-likeness (QED) is 0.652. The second-order valence-electron chi connectivity index (χ2n) is 6.54. The monoisotopic (exact) mass is 412 g/mol. The number of aliphatic imine (C=N–C) groups is 1. The van der Waals surface area contributed by atoms with Crippen molar-refractivity contribution in [3.63, 3.8) is 0 Å². The Morgan fingerprint density at radius 2 is 2.21 bits per heavy atom. The number of aromatic nitrogens is 2. The number of anilines is 2. The molecule has 1 atom stereocenters. The van der Waals surface area contributed by atoms with E-state index in [0.29, 0.717) is 35.2 Å². The number of benzene rings is 1. The average Bonchev–Trinajstić information content (AvgIpc) is 2.70. The van der Waals surface area contributed by atoms with E-state index in [9.17, 15) is 9.18 Å². The molecule has 1 aliphatic heterocycles. The predicted octanol–water partition coefficient (Wildman–Crippen LogP) is 2.97. The normalized spacial score (nSPS) is 18.2. The zero-order valence-electron chi connectivity index (χ0n) is 16.1. The molecule has 0 saturated heterocycles. The van der Waals surface area contributed by atoms with Gasteiger partial charge in [0.25, 0.3) is 5.91 Å². The Balaban J connectivity index is 1.75. The van der Waals surface area contributed by atoms with E-state index < -0.39 is 11.4 Å². The first-order valence-corrected chi connectivity index (χ1v) is 9.95. The average molecular weight is 412 g/mol. The van der Waals surface area contributed by atoms with Crippen molar-refractivity contribution in [2.45, 2.75) is 25.8 Å². The number of carbonyl (C=O) groups excluding carboxylic acids is 1. The number of thioether (sulfide) groups is 1. The summed E-state index contributed by atoms with van der Waals surface area (Å²) < 4.78 is 14.5. The lowest BCUT2D eigenvalue weighted by atomic mass is 9.89. The van der Waals surface area contributed by atoms with Gasteiger partial charge in [0.1, 0.15) is 17.3 Å². The molecule has 0 radical (unpaired) electrons. The van der Waals surface area contributed by atoms with Crippen LogP contribution in [0.2, 0.25) is 0 Å². The molecule has 2 heterocycles. The maximum atomic E-state index is 14.5. The van der Waals surface area contributed by atoms with Crippen LogP contribution in [0.5, 0.6) is 0 Å². The van der Waals surface area contributed by atoms with Gasteiger partial charge in [0.05, 0.1) is 24.5 Å². The number of halogens is 1. The Kier molecular flexibility index (Phi) is 6.34. The number of hydrogen-bond donors (Lipinski definition) is 3. The van der Waals surface area contributed by atoms with E-state index in [1.54, 1.807) is 13.0 Å². The fourth-order valence-electron chi connectivity index (χ4n) is 2.85. The lowest BCUT2D eigenvalue weighted by Crippen LogP contribution is -2.29. The highest BCUT2D eigenvalue weighted by Crippen LogP contribution is 2.37. The number of amides is 1. The third kappa shape index (κ3) is 5.03. The van der Waals surface area contributed by atoms with Gasteiger partial charge in [0.2, 0.25) is 0 Å². The van der Waals surface area contributed by atoms with Crippen molar-refractivity contribution >= 4 is 34.3 Å². The van der Waals surface area contributed by atoms with Crippen molar-refractivity contribution in [3.8, 4) is 11.8 Å². The third-order valence-corrected chi connectivity index (χ3v) is 5.21. The van der Waals surface area contributed by atoms with E-state index in [1.807, 2.05) is 6.92 Å². The lowest BCUT2D eigenvalue weighted by molar-refractivity contribution is 0.102. The van der Waals surface area contributed by atoms with E-state index in [0.717, 1.165) is 5.75 Å². The fourth-order valence-corrected chi connectivity index (χ4v) is 3.83. The molecule has 0 bridgehead atoms. The van der Waals surface area contributed by atoms with Gasteiger partial charge in [-0.15, -0.1) is 5.92 Å². The van der Waals surface area contributed by atoms with Crippen LogP contribution in [0.15, 0.2) is 35.6 Å². The molecule has 1 aliphatic rings. The van der Waals surface area contributed by atoms with Gasteiger partial charge in [-0.2, -0.15) is 0 Å². The summed E-state index contributed by atoms with van der Waals surface area (Å²) in [6.07, 6.45) is 3.47. The molecule has 1 unspecified atom stereocenters. The van der Waals surface area contributed by atoms with Crippen molar-refractivity contribution < 1.29 is 9.18 Å². The molecule has 7 nitrogen and oxygen atoms in total. The molecule has 3 rings (SSSR count). The largest absolute Gasteiger partial charge is 0.379 e. The van der Waals surface area contributed by atoms with Gasteiger partial charge in [-0.3, -0.25) is 9.79 Å². The van der Waals surface area contributed by atoms with Gasteiger partial charge < -0.3 is 16.4 Å². The van der Waals surface area contributed by atoms with Crippen molar-refractivity contribution in [3.05, 3.63) is 47.7 Å². The number of amidine groups is 1. The van der Waals surface area contributed by atoms with Crippen LogP contribution >= 0.6 is 11.8 Å². The first kappa shape index (κ1) is 20.6. The molecule has 2 aromatic rings. The Bertz CT molecular complexity index is 998. The minimum atomic E-state index is -0.769. The summed E-state index contributed by atoms with van der Waals surface area (Å²) in [5, 5.41) is 6.14. The highest BCUT2D eigenvalue weighted by Gasteiger charge is 2.32. The standard InChI is InChI=1S/C20H21FN6OS/c1-3-4-8-23-17-12-24-16(11-25-17)18(28)26-13-5-6-15(21)14(10-13)20(2)7-9-29-19(22)27-20/h5-6,10-12H,7-9H2,1-2H3,(H2,22,27)(H,23,25)(H,26,28). The molecular weight excluding hydrogens is 391 g/mol. The minimum Gasteiger partial charge on any atom is -0.379 e. The van der Waals surface area contributed by atoms with Crippen molar-refractivity contribution in [2.75, 3.05) is 22.9 Å². The summed E-state index contributed by atoms with van der Waals surface area (Å²) in [5.74, 6) is 6.06. The van der Waals surface area contributed by atoms with Crippen molar-refractivity contribution in [1.82, 2.24) is 9.97 Å². The molecule has 29 heavy (non-hydrogen) atoms. The van der Waals surface area contributed by atoms with E-state index in [4.69, 9.17) is 5.73 Å². The van der Waals surface area contributed by atoms with Crippen molar-refractivity contribution in [1.29, 1.82) is 0 Å². The molecule has 0 fully saturated rings. The Morgan fingerprint density at radius 1 is 1.38 bits per heavy atom. The summed E-state index contributed by atoms with van der Waals surface area (Å²) in [5.41, 5.74) is 6.05. The SMILES string of the molecule is CC#CCNc1cnc(C(=O)Nc2ccc(F)c(C3(C)CCSC(N)=N3)c2)cn1. The molecule has 9 heteroatoms. The summed E-state index contributed by atoms with van der Waals surface area (Å²) in [6, 6.07) is 4.40. The lowest BCUT2D eigenvalue weighted by Gasteiger charge is -2.30. The van der Waals surface area contributed by atoms with E-state index in [2.05, 4.69) is 37.4 Å². The second-order valence-corrected chi connectivity index (χ2v) is 7.65. The maximum absolute atomic E-state index is 14.5. The van der Waals surface area contributed by atoms with Crippen LogP contribution in [0.4, 0.5) is 15.9 Å². The topological polar surface area (TPSA) is 105 Å². The zero-order chi connectivity index (χ0) is 20.9. The number of hydrogen-bond acceptors (Lipinski definition) is 7. The molecule has 150 valence electrons. The van der Waals surface area contributed by atoms with E-state index >= 15 is 0 Å². The molecule has 1 amide bonds. The first-order chi connectivity index (χ1) is 13.9. The van der Waals surface area contributed by atoms with E-state index in [-0.39, 0.29) is 11.5 Å². The van der Waals surface area contributed by atoms with Crippen LogP contribution in [0.25, 0.3) is 0 Å². The summed E-state index contributed by atoms with van der Waals surface area (Å²) in [7, 11) is 0. The van der Waals surface area contributed by atoms with Gasteiger partial charge in [0.15, 0.2) is 5.17 Å². The number of nitrogens with zero attached hydrogens (tertiary/aromatic N) is 3. The van der Waals surface area contributed by atoms with Gasteiger partial charge in [-0.25, -0.2) is 14.4 Å². The molecule has 1 aromatic carbocycles. The number of nitrogens with one attached hydrogen (secondary N) is 2. The maximum Gasteiger partial charge on any atom is 0.275 e. The van der Waals surface area contributed by atoms with Crippen LogP contribution in [0, 0.1) is 17.7 Å². The number of rotatable bonds is 5.